The molecule has 3 N–H and O–H groups in total. The topological polar surface area (TPSA) is 85.8 Å². The predicted molar refractivity (Wildman–Crippen MR) is 125 cm³/mol. The van der Waals surface area contributed by atoms with Crippen molar-refractivity contribution >= 4 is 41.8 Å². The van der Waals surface area contributed by atoms with E-state index in [4.69, 9.17) is 0 Å². The van der Waals surface area contributed by atoms with Gasteiger partial charge in [0.2, 0.25) is 5.91 Å². The van der Waals surface area contributed by atoms with Crippen LogP contribution in [0.15, 0.2) is 35.3 Å². The highest BCUT2D eigenvalue weighted by molar-refractivity contribution is 14.0. The molecule has 0 aliphatic carbocycles. The molecule has 0 bridgehead atoms. The summed E-state index contributed by atoms with van der Waals surface area (Å²) in [6, 6.07) is 9.16. The molecule has 28 heavy (non-hydrogen) atoms. The minimum atomic E-state index is -0.0699. The minimum Gasteiger partial charge on any atom is -0.357 e. The SMILES string of the molecule is CCNC(=NCCCNC(=O)c1ccccc1)NCCC(=O)N(CC)CC.I. The smallest absolute Gasteiger partial charge is 0.251 e. The Balaban J connectivity index is 0.00000729. The molecule has 0 fully saturated rings. The lowest BCUT2D eigenvalue weighted by atomic mass is 10.2. The normalized spacial score (nSPS) is 10.6. The number of halogens is 1. The van der Waals surface area contributed by atoms with Crippen molar-refractivity contribution in [3.63, 3.8) is 0 Å². The van der Waals surface area contributed by atoms with Crippen LogP contribution in [-0.2, 0) is 4.79 Å². The van der Waals surface area contributed by atoms with E-state index in [0.29, 0.717) is 37.6 Å². The van der Waals surface area contributed by atoms with E-state index in [0.717, 1.165) is 26.1 Å². The van der Waals surface area contributed by atoms with Crippen LogP contribution in [-0.4, -0.2) is 61.9 Å². The third-order valence-electron chi connectivity index (χ3n) is 4.02. The number of nitrogens with one attached hydrogen (secondary N) is 3. The van der Waals surface area contributed by atoms with E-state index < -0.39 is 0 Å². The van der Waals surface area contributed by atoms with Crippen LogP contribution < -0.4 is 16.0 Å². The Labute approximate surface area is 185 Å². The van der Waals surface area contributed by atoms with Gasteiger partial charge in [-0.25, -0.2) is 0 Å². The highest BCUT2D eigenvalue weighted by atomic mass is 127. The maximum absolute atomic E-state index is 12.0. The van der Waals surface area contributed by atoms with Crippen LogP contribution in [0.4, 0.5) is 0 Å². The van der Waals surface area contributed by atoms with Gasteiger partial charge in [-0.1, -0.05) is 18.2 Å². The van der Waals surface area contributed by atoms with Crippen molar-refractivity contribution in [3.05, 3.63) is 35.9 Å². The molecule has 0 unspecified atom stereocenters. The van der Waals surface area contributed by atoms with Crippen LogP contribution in [0.2, 0.25) is 0 Å². The molecule has 8 heteroatoms. The minimum absolute atomic E-state index is 0. The van der Waals surface area contributed by atoms with Crippen molar-refractivity contribution in [2.75, 3.05) is 39.3 Å². The van der Waals surface area contributed by atoms with Crippen molar-refractivity contribution in [1.82, 2.24) is 20.9 Å². The van der Waals surface area contributed by atoms with E-state index in [1.807, 2.05) is 43.9 Å². The summed E-state index contributed by atoms with van der Waals surface area (Å²) in [6.45, 7) is 9.89. The standard InChI is InChI=1S/C20H33N5O2.HI/c1-4-21-20(24-16-13-18(26)25(5-2)6-3)23-15-10-14-22-19(27)17-11-8-7-9-12-17;/h7-9,11-12H,4-6,10,13-16H2,1-3H3,(H,22,27)(H2,21,23,24);1H. The Hall–Kier alpha value is -1.84. The lowest BCUT2D eigenvalue weighted by Gasteiger charge is -2.19. The average Bonchev–Trinajstić information content (AvgIpc) is 2.69. The van der Waals surface area contributed by atoms with Crippen LogP contribution in [0.5, 0.6) is 0 Å². The Morgan fingerprint density at radius 1 is 0.964 bits per heavy atom. The first kappa shape index (κ1) is 26.2. The van der Waals surface area contributed by atoms with Crippen LogP contribution >= 0.6 is 24.0 Å². The molecule has 2 amide bonds. The second kappa shape index (κ2) is 16.1. The number of guanidine groups is 1. The van der Waals surface area contributed by atoms with Crippen molar-refractivity contribution in [2.45, 2.75) is 33.6 Å². The first-order valence-electron chi connectivity index (χ1n) is 9.75. The first-order valence-corrected chi connectivity index (χ1v) is 9.75. The van der Waals surface area contributed by atoms with E-state index in [2.05, 4.69) is 20.9 Å². The number of carbonyl (C=O) groups is 2. The van der Waals surface area contributed by atoms with Crippen LogP contribution in [0.1, 0.15) is 44.0 Å². The van der Waals surface area contributed by atoms with E-state index in [9.17, 15) is 9.59 Å². The first-order chi connectivity index (χ1) is 13.1. The number of aliphatic imine (C=N–C) groups is 1. The Morgan fingerprint density at radius 3 is 2.25 bits per heavy atom. The van der Waals surface area contributed by atoms with E-state index in [1.54, 1.807) is 12.1 Å². The maximum atomic E-state index is 12.0. The summed E-state index contributed by atoms with van der Waals surface area (Å²) >= 11 is 0. The van der Waals surface area contributed by atoms with Crippen molar-refractivity contribution in [2.24, 2.45) is 4.99 Å². The maximum Gasteiger partial charge on any atom is 0.251 e. The third kappa shape index (κ3) is 10.5. The number of nitrogens with zero attached hydrogens (tertiary/aromatic N) is 2. The van der Waals surface area contributed by atoms with Crippen LogP contribution in [0.3, 0.4) is 0 Å². The van der Waals surface area contributed by atoms with Gasteiger partial charge in [-0.15, -0.1) is 24.0 Å². The Morgan fingerprint density at radius 2 is 1.64 bits per heavy atom. The summed E-state index contributed by atoms with van der Waals surface area (Å²) in [5.41, 5.74) is 0.661. The molecule has 0 atom stereocenters. The third-order valence-corrected chi connectivity index (χ3v) is 4.02. The van der Waals surface area contributed by atoms with Gasteiger partial charge >= 0.3 is 0 Å². The van der Waals surface area contributed by atoms with Crippen molar-refractivity contribution < 1.29 is 9.59 Å². The highest BCUT2D eigenvalue weighted by Crippen LogP contribution is 1.97. The fourth-order valence-electron chi connectivity index (χ4n) is 2.53. The Bertz CT molecular complexity index is 592. The van der Waals surface area contributed by atoms with Gasteiger partial charge in [-0.2, -0.15) is 0 Å². The summed E-state index contributed by atoms with van der Waals surface area (Å²) in [6.07, 6.45) is 1.19. The number of hydrogen-bond donors (Lipinski definition) is 3. The summed E-state index contributed by atoms with van der Waals surface area (Å²) in [5, 5.41) is 9.24. The zero-order valence-electron chi connectivity index (χ0n) is 17.2. The van der Waals surface area contributed by atoms with Gasteiger partial charge in [0.15, 0.2) is 5.96 Å². The summed E-state index contributed by atoms with van der Waals surface area (Å²) in [7, 11) is 0. The lowest BCUT2D eigenvalue weighted by molar-refractivity contribution is -0.130. The van der Waals surface area contributed by atoms with E-state index in [1.165, 1.54) is 0 Å². The van der Waals surface area contributed by atoms with Gasteiger partial charge in [-0.05, 0) is 39.3 Å². The van der Waals surface area contributed by atoms with Gasteiger partial charge in [0, 0.05) is 51.3 Å². The van der Waals surface area contributed by atoms with Crippen LogP contribution in [0, 0.1) is 0 Å². The predicted octanol–water partition coefficient (Wildman–Crippen LogP) is 2.24. The average molecular weight is 503 g/mol. The van der Waals surface area contributed by atoms with Crippen molar-refractivity contribution in [3.8, 4) is 0 Å². The van der Waals surface area contributed by atoms with Gasteiger partial charge in [0.1, 0.15) is 0 Å². The molecular weight excluding hydrogens is 469 g/mol. The molecule has 158 valence electrons. The second-order valence-corrected chi connectivity index (χ2v) is 5.98. The molecule has 0 aliphatic rings. The zero-order valence-corrected chi connectivity index (χ0v) is 19.5. The number of rotatable bonds is 11. The molecule has 0 aliphatic heterocycles. The molecule has 0 spiro atoms. The van der Waals surface area contributed by atoms with Crippen LogP contribution in [0.25, 0.3) is 0 Å². The Kier molecular flexibility index (Phi) is 15.1. The number of amides is 2. The molecule has 1 aromatic rings. The highest BCUT2D eigenvalue weighted by Gasteiger charge is 2.09. The molecule has 1 aromatic carbocycles. The molecular formula is C20H34IN5O2. The largest absolute Gasteiger partial charge is 0.357 e. The molecule has 7 nitrogen and oxygen atoms in total. The fourth-order valence-corrected chi connectivity index (χ4v) is 2.53. The fraction of sp³-hybridized carbons (Fsp3) is 0.550. The monoisotopic (exact) mass is 503 g/mol. The summed E-state index contributed by atoms with van der Waals surface area (Å²) < 4.78 is 0. The van der Waals surface area contributed by atoms with Gasteiger partial charge in [0.25, 0.3) is 5.91 Å². The molecule has 0 radical (unpaired) electrons. The number of benzene rings is 1. The van der Waals surface area contributed by atoms with Crippen molar-refractivity contribution in [1.29, 1.82) is 0 Å². The van der Waals surface area contributed by atoms with Gasteiger partial charge in [0.05, 0.1) is 0 Å². The van der Waals surface area contributed by atoms with Gasteiger partial charge < -0.3 is 20.9 Å². The molecule has 0 saturated heterocycles. The van der Waals surface area contributed by atoms with Gasteiger partial charge in [-0.3, -0.25) is 14.6 Å². The molecule has 0 saturated carbocycles. The quantitative estimate of drug-likeness (QED) is 0.187. The molecule has 0 aromatic heterocycles. The second-order valence-electron chi connectivity index (χ2n) is 5.98. The zero-order chi connectivity index (χ0) is 19.9. The van der Waals surface area contributed by atoms with E-state index >= 15 is 0 Å². The molecule has 1 rings (SSSR count). The summed E-state index contributed by atoms with van der Waals surface area (Å²) in [4.78, 5) is 30.3. The molecule has 0 heterocycles. The number of hydrogen-bond acceptors (Lipinski definition) is 3. The lowest BCUT2D eigenvalue weighted by Crippen LogP contribution is -2.40. The summed E-state index contributed by atoms with van der Waals surface area (Å²) in [5.74, 6) is 0.769. The number of carbonyl (C=O) groups excluding carboxylic acids is 2. The van der Waals surface area contributed by atoms with E-state index in [-0.39, 0.29) is 35.8 Å².